The minimum atomic E-state index is -3.97. The summed E-state index contributed by atoms with van der Waals surface area (Å²) < 4.78 is 52.1. The molecule has 0 radical (unpaired) electrons. The third kappa shape index (κ3) is 3.02. The van der Waals surface area contributed by atoms with E-state index in [1.807, 2.05) is 4.72 Å². The fourth-order valence-corrected chi connectivity index (χ4v) is 4.01. The largest absolute Gasteiger partial charge is 0.274 e. The summed E-state index contributed by atoms with van der Waals surface area (Å²) in [4.78, 5) is 2.89. The van der Waals surface area contributed by atoms with Crippen LogP contribution in [-0.4, -0.2) is 13.4 Å². The molecule has 0 fully saturated rings. The lowest BCUT2D eigenvalue weighted by Gasteiger charge is -2.06. The number of hydrogen-bond donors (Lipinski definition) is 1. The summed E-state index contributed by atoms with van der Waals surface area (Å²) in [5, 5.41) is 0. The molecular formula is C10H7ClF2N2O2S2. The molecule has 0 saturated heterocycles. The van der Waals surface area contributed by atoms with Gasteiger partial charge in [-0.15, -0.1) is 11.3 Å². The highest BCUT2D eigenvalue weighted by atomic mass is 35.5. The van der Waals surface area contributed by atoms with Crippen LogP contribution in [0.1, 0.15) is 5.56 Å². The van der Waals surface area contributed by atoms with Gasteiger partial charge in [-0.3, -0.25) is 4.72 Å². The summed E-state index contributed by atoms with van der Waals surface area (Å²) in [5.41, 5.74) is 0.174. The van der Waals surface area contributed by atoms with Crippen LogP contribution in [0.15, 0.2) is 22.4 Å². The number of nitrogens with one attached hydrogen (secondary N) is 1. The predicted molar refractivity (Wildman–Crippen MR) is 69.0 cm³/mol. The quantitative estimate of drug-likeness (QED) is 0.882. The first-order valence-corrected chi connectivity index (χ1v) is 7.58. The monoisotopic (exact) mass is 324 g/mol. The van der Waals surface area contributed by atoms with Crippen molar-refractivity contribution in [1.82, 2.24) is 4.98 Å². The van der Waals surface area contributed by atoms with E-state index in [2.05, 4.69) is 4.98 Å². The Hall–Kier alpha value is -1.25. The Bertz CT molecular complexity index is 712. The maximum Gasteiger partial charge on any atom is 0.271 e. The molecule has 2 heterocycles. The highest BCUT2D eigenvalue weighted by molar-refractivity contribution is 7.94. The molecule has 9 heteroatoms. The number of aromatic nitrogens is 1. The zero-order valence-electron chi connectivity index (χ0n) is 9.45. The van der Waals surface area contributed by atoms with Crippen LogP contribution < -0.4 is 4.72 Å². The van der Waals surface area contributed by atoms with Crippen molar-refractivity contribution in [3.05, 3.63) is 40.0 Å². The van der Waals surface area contributed by atoms with E-state index in [0.717, 1.165) is 23.5 Å². The van der Waals surface area contributed by atoms with Crippen LogP contribution in [0.3, 0.4) is 0 Å². The van der Waals surface area contributed by atoms with Crippen LogP contribution in [0.2, 0.25) is 4.34 Å². The number of pyridine rings is 1. The number of thiophene rings is 1. The van der Waals surface area contributed by atoms with E-state index in [1.165, 1.54) is 6.07 Å². The topological polar surface area (TPSA) is 59.1 Å². The molecule has 0 aliphatic heterocycles. The van der Waals surface area contributed by atoms with E-state index in [0.29, 0.717) is 9.90 Å². The molecule has 0 aromatic carbocycles. The van der Waals surface area contributed by atoms with Gasteiger partial charge in [0.25, 0.3) is 10.0 Å². The number of sulfonamides is 1. The lowest BCUT2D eigenvalue weighted by Crippen LogP contribution is -2.13. The van der Waals surface area contributed by atoms with Gasteiger partial charge < -0.3 is 0 Å². The van der Waals surface area contributed by atoms with Crippen molar-refractivity contribution in [2.75, 3.05) is 4.72 Å². The summed E-state index contributed by atoms with van der Waals surface area (Å²) in [5.74, 6) is -2.27. The number of rotatable bonds is 3. The summed E-state index contributed by atoms with van der Waals surface area (Å²) in [6, 6.07) is 3.18. The van der Waals surface area contributed by atoms with Crippen LogP contribution in [0.4, 0.5) is 14.5 Å². The van der Waals surface area contributed by atoms with Crippen molar-refractivity contribution in [3.8, 4) is 0 Å². The molecule has 19 heavy (non-hydrogen) atoms. The van der Waals surface area contributed by atoms with Gasteiger partial charge in [0.2, 0.25) is 11.9 Å². The molecule has 4 nitrogen and oxygen atoms in total. The fraction of sp³-hybridized carbons (Fsp3) is 0.100. The molecule has 1 N–H and O–H groups in total. The highest BCUT2D eigenvalue weighted by Gasteiger charge is 2.20. The van der Waals surface area contributed by atoms with Crippen LogP contribution in [0.25, 0.3) is 0 Å². The van der Waals surface area contributed by atoms with Crippen molar-refractivity contribution in [2.24, 2.45) is 0 Å². The Morgan fingerprint density at radius 1 is 1.37 bits per heavy atom. The van der Waals surface area contributed by atoms with Crippen molar-refractivity contribution >= 4 is 38.6 Å². The van der Waals surface area contributed by atoms with Crippen LogP contribution in [-0.2, 0) is 10.0 Å². The molecule has 0 aliphatic rings. The maximum absolute atomic E-state index is 13.3. The second-order valence-electron chi connectivity index (χ2n) is 3.60. The highest BCUT2D eigenvalue weighted by Crippen LogP contribution is 2.31. The number of hydrogen-bond acceptors (Lipinski definition) is 4. The fourth-order valence-electron chi connectivity index (χ4n) is 1.25. The Morgan fingerprint density at radius 3 is 2.58 bits per heavy atom. The lowest BCUT2D eigenvalue weighted by molar-refractivity contribution is 0.515. The van der Waals surface area contributed by atoms with Gasteiger partial charge in [-0.2, -0.15) is 13.8 Å². The number of nitrogens with zero attached hydrogens (tertiary/aromatic N) is 1. The first kappa shape index (κ1) is 14.2. The van der Waals surface area contributed by atoms with E-state index in [4.69, 9.17) is 11.6 Å². The minimum Gasteiger partial charge on any atom is -0.274 e. The van der Waals surface area contributed by atoms with Gasteiger partial charge in [0, 0.05) is 0 Å². The molecule has 2 rings (SSSR count). The molecule has 0 atom stereocenters. The van der Waals surface area contributed by atoms with Crippen molar-refractivity contribution in [3.63, 3.8) is 0 Å². The Kier molecular flexibility index (Phi) is 3.75. The van der Waals surface area contributed by atoms with Gasteiger partial charge in [-0.25, -0.2) is 8.42 Å². The Balaban J connectivity index is 2.36. The Morgan fingerprint density at radius 2 is 2.05 bits per heavy atom. The van der Waals surface area contributed by atoms with E-state index in [-0.39, 0.29) is 4.21 Å². The molecule has 102 valence electrons. The zero-order valence-corrected chi connectivity index (χ0v) is 11.8. The molecule has 0 bridgehead atoms. The van der Waals surface area contributed by atoms with E-state index < -0.39 is 27.6 Å². The third-order valence-corrected chi connectivity index (χ3v) is 5.55. The molecule has 0 amide bonds. The second kappa shape index (κ2) is 5.03. The van der Waals surface area contributed by atoms with Gasteiger partial charge in [-0.05, 0) is 30.7 Å². The average Bonchev–Trinajstić information content (AvgIpc) is 2.64. The molecule has 0 aliphatic carbocycles. The molecular weight excluding hydrogens is 318 g/mol. The minimum absolute atomic E-state index is 0.0567. The molecule has 0 saturated carbocycles. The first-order chi connectivity index (χ1) is 8.79. The van der Waals surface area contributed by atoms with Crippen molar-refractivity contribution < 1.29 is 17.2 Å². The number of anilines is 1. The first-order valence-electron chi connectivity index (χ1n) is 4.90. The standard InChI is InChI=1S/C10H7ClF2N2O2S2/c1-5-4-8(18-9(5)11)19(16,17)15-6-2-3-7(12)14-10(6)13/h2-4,15H,1H3. The SMILES string of the molecule is Cc1cc(S(=O)(=O)Nc2ccc(F)nc2F)sc1Cl. The maximum atomic E-state index is 13.3. The Labute approximate surface area is 117 Å². The van der Waals surface area contributed by atoms with E-state index in [9.17, 15) is 17.2 Å². The van der Waals surface area contributed by atoms with Crippen LogP contribution in [0.5, 0.6) is 0 Å². The summed E-state index contributed by atoms with van der Waals surface area (Å²) in [6.45, 7) is 1.65. The average molecular weight is 325 g/mol. The van der Waals surface area contributed by atoms with Crippen molar-refractivity contribution in [1.29, 1.82) is 0 Å². The summed E-state index contributed by atoms with van der Waals surface area (Å²) in [7, 11) is -3.97. The van der Waals surface area contributed by atoms with E-state index >= 15 is 0 Å². The van der Waals surface area contributed by atoms with Gasteiger partial charge in [0.05, 0.1) is 4.34 Å². The van der Waals surface area contributed by atoms with E-state index in [1.54, 1.807) is 6.92 Å². The second-order valence-corrected chi connectivity index (χ2v) is 7.16. The predicted octanol–water partition coefficient (Wildman–Crippen LogP) is 3.18. The van der Waals surface area contributed by atoms with Gasteiger partial charge in [-0.1, -0.05) is 11.6 Å². The number of halogens is 3. The van der Waals surface area contributed by atoms with Crippen molar-refractivity contribution in [2.45, 2.75) is 11.1 Å². The van der Waals surface area contributed by atoms with Crippen LogP contribution >= 0.6 is 22.9 Å². The van der Waals surface area contributed by atoms with Gasteiger partial charge >= 0.3 is 0 Å². The molecule has 0 spiro atoms. The lowest BCUT2D eigenvalue weighted by atomic mass is 10.4. The molecule has 2 aromatic heterocycles. The molecule has 2 aromatic rings. The molecule has 0 unspecified atom stereocenters. The zero-order chi connectivity index (χ0) is 14.2. The summed E-state index contributed by atoms with van der Waals surface area (Å²) >= 11 is 6.63. The van der Waals surface area contributed by atoms with Gasteiger partial charge in [0.1, 0.15) is 9.90 Å². The van der Waals surface area contributed by atoms with Crippen LogP contribution in [0, 0.1) is 18.8 Å². The smallest absolute Gasteiger partial charge is 0.271 e. The summed E-state index contributed by atoms with van der Waals surface area (Å²) in [6.07, 6.45) is 0. The third-order valence-electron chi connectivity index (χ3n) is 2.16. The number of aryl methyl sites for hydroxylation is 1. The normalized spacial score (nSPS) is 11.6. The van der Waals surface area contributed by atoms with Gasteiger partial charge in [0.15, 0.2) is 0 Å².